The van der Waals surface area contributed by atoms with E-state index in [1.807, 2.05) is 0 Å². The summed E-state index contributed by atoms with van der Waals surface area (Å²) in [4.78, 5) is 0. The molecule has 0 fully saturated rings. The molecule has 2 nitrogen and oxygen atoms in total. The highest BCUT2D eigenvalue weighted by Gasteiger charge is 2.04. The minimum atomic E-state index is 0.233. The third kappa shape index (κ3) is 5.90. The van der Waals surface area contributed by atoms with Crippen molar-refractivity contribution in [2.75, 3.05) is 0 Å². The van der Waals surface area contributed by atoms with Crippen LogP contribution in [0.5, 0.6) is 5.75 Å². The van der Waals surface area contributed by atoms with E-state index in [4.69, 9.17) is 4.74 Å². The van der Waals surface area contributed by atoms with Gasteiger partial charge in [-0.05, 0) is 73.7 Å². The maximum Gasteiger partial charge on any atom is 0.119 e. The number of nitrogens with one attached hydrogen (secondary N) is 1. The molecule has 1 N–H and O–H groups in total. The number of rotatable bonds is 8. The van der Waals surface area contributed by atoms with Gasteiger partial charge in [0.05, 0.1) is 6.10 Å². The number of thiophene rings is 1. The van der Waals surface area contributed by atoms with Crippen LogP contribution in [0.25, 0.3) is 0 Å². The summed E-state index contributed by atoms with van der Waals surface area (Å²) >= 11 is 1.75. The molecule has 0 aliphatic rings. The number of benzene rings is 1. The smallest absolute Gasteiger partial charge is 0.119 e. The Kier molecular flexibility index (Phi) is 6.27. The van der Waals surface area contributed by atoms with Gasteiger partial charge in [-0.15, -0.1) is 0 Å². The van der Waals surface area contributed by atoms with Crippen LogP contribution in [-0.2, 0) is 13.0 Å². The summed E-state index contributed by atoms with van der Waals surface area (Å²) in [5.74, 6) is 0.956. The van der Waals surface area contributed by atoms with Crippen LogP contribution in [-0.4, -0.2) is 12.1 Å². The van der Waals surface area contributed by atoms with E-state index >= 15 is 0 Å². The minimum absolute atomic E-state index is 0.233. The lowest BCUT2D eigenvalue weighted by atomic mass is 10.1. The molecule has 2 rings (SSSR count). The van der Waals surface area contributed by atoms with Gasteiger partial charge in [-0.3, -0.25) is 0 Å². The molecule has 0 spiro atoms. The Balaban J connectivity index is 1.71. The topological polar surface area (TPSA) is 21.3 Å². The van der Waals surface area contributed by atoms with E-state index in [1.54, 1.807) is 11.3 Å². The second-order valence-corrected chi connectivity index (χ2v) is 6.54. The predicted octanol–water partition coefficient (Wildman–Crippen LogP) is 4.65. The molecule has 1 atom stereocenters. The molecule has 0 radical (unpaired) electrons. The molecule has 21 heavy (non-hydrogen) atoms. The van der Waals surface area contributed by atoms with Crippen molar-refractivity contribution < 1.29 is 4.74 Å². The lowest BCUT2D eigenvalue weighted by Gasteiger charge is -2.14. The highest BCUT2D eigenvalue weighted by molar-refractivity contribution is 7.07. The molecule has 114 valence electrons. The molecular weight excluding hydrogens is 278 g/mol. The fourth-order valence-electron chi connectivity index (χ4n) is 2.18. The molecule has 2 aromatic rings. The summed E-state index contributed by atoms with van der Waals surface area (Å²) in [5.41, 5.74) is 2.75. The molecule has 1 unspecified atom stereocenters. The highest BCUT2D eigenvalue weighted by atomic mass is 32.1. The van der Waals surface area contributed by atoms with Crippen molar-refractivity contribution in [3.63, 3.8) is 0 Å². The summed E-state index contributed by atoms with van der Waals surface area (Å²) in [6.45, 7) is 7.32. The Morgan fingerprint density at radius 1 is 1.05 bits per heavy atom. The van der Waals surface area contributed by atoms with Gasteiger partial charge in [0, 0.05) is 12.6 Å². The van der Waals surface area contributed by atoms with E-state index in [1.165, 1.54) is 11.1 Å². The molecular formula is C18H25NOS. The first-order valence-electron chi connectivity index (χ1n) is 7.63. The first-order valence-corrected chi connectivity index (χ1v) is 8.58. The monoisotopic (exact) mass is 303 g/mol. The van der Waals surface area contributed by atoms with E-state index in [0.717, 1.165) is 25.1 Å². The molecule has 1 aromatic carbocycles. The standard InChI is InChI=1S/C18H25NOS/c1-14(2)20-18-8-6-16(7-9-18)5-4-15(3)19-12-17-10-11-21-13-17/h6-11,13-15,19H,4-5,12H2,1-3H3. The van der Waals surface area contributed by atoms with Gasteiger partial charge in [0.1, 0.15) is 5.75 Å². The molecule has 1 heterocycles. The van der Waals surface area contributed by atoms with E-state index < -0.39 is 0 Å². The lowest BCUT2D eigenvalue weighted by Crippen LogP contribution is -2.25. The van der Waals surface area contributed by atoms with Crippen LogP contribution in [0.2, 0.25) is 0 Å². The maximum atomic E-state index is 5.66. The van der Waals surface area contributed by atoms with Gasteiger partial charge in [-0.1, -0.05) is 12.1 Å². The Bertz CT molecular complexity index is 505. The summed E-state index contributed by atoms with van der Waals surface area (Å²) in [6, 6.07) is 11.2. The molecule has 0 aliphatic heterocycles. The molecule has 0 saturated heterocycles. The molecule has 0 bridgehead atoms. The number of hydrogen-bond donors (Lipinski definition) is 1. The Hall–Kier alpha value is -1.32. The van der Waals surface area contributed by atoms with E-state index in [-0.39, 0.29) is 6.10 Å². The van der Waals surface area contributed by atoms with Gasteiger partial charge < -0.3 is 10.1 Å². The fraction of sp³-hybridized carbons (Fsp3) is 0.444. The Morgan fingerprint density at radius 2 is 1.81 bits per heavy atom. The van der Waals surface area contributed by atoms with Crippen molar-refractivity contribution in [3.8, 4) is 5.75 Å². The van der Waals surface area contributed by atoms with Gasteiger partial charge in [-0.25, -0.2) is 0 Å². The van der Waals surface area contributed by atoms with E-state index in [2.05, 4.69) is 67.2 Å². The van der Waals surface area contributed by atoms with Crippen LogP contribution in [0.4, 0.5) is 0 Å². The largest absolute Gasteiger partial charge is 0.491 e. The normalized spacial score (nSPS) is 12.6. The molecule has 0 aliphatic carbocycles. The third-order valence-electron chi connectivity index (χ3n) is 3.40. The van der Waals surface area contributed by atoms with Gasteiger partial charge in [0.25, 0.3) is 0 Å². The average molecular weight is 303 g/mol. The average Bonchev–Trinajstić information content (AvgIpc) is 2.97. The SMILES string of the molecule is CC(CCc1ccc(OC(C)C)cc1)NCc1ccsc1. The quantitative estimate of drug-likeness (QED) is 0.766. The highest BCUT2D eigenvalue weighted by Crippen LogP contribution is 2.15. The van der Waals surface area contributed by atoms with Crippen molar-refractivity contribution in [3.05, 3.63) is 52.2 Å². The maximum absolute atomic E-state index is 5.66. The van der Waals surface area contributed by atoms with Crippen molar-refractivity contribution >= 4 is 11.3 Å². The molecule has 0 amide bonds. The van der Waals surface area contributed by atoms with Crippen LogP contribution in [0.3, 0.4) is 0 Å². The first kappa shape index (κ1) is 16.1. The second-order valence-electron chi connectivity index (χ2n) is 5.76. The second kappa shape index (κ2) is 8.20. The zero-order valence-electron chi connectivity index (χ0n) is 13.1. The zero-order valence-corrected chi connectivity index (χ0v) is 14.0. The first-order chi connectivity index (χ1) is 10.1. The van der Waals surface area contributed by atoms with Crippen LogP contribution in [0, 0.1) is 0 Å². The predicted molar refractivity (Wildman–Crippen MR) is 91.1 cm³/mol. The Labute approximate surface area is 132 Å². The van der Waals surface area contributed by atoms with Crippen molar-refractivity contribution in [2.45, 2.75) is 52.3 Å². The lowest BCUT2D eigenvalue weighted by molar-refractivity contribution is 0.242. The van der Waals surface area contributed by atoms with E-state index in [0.29, 0.717) is 6.04 Å². The molecule has 3 heteroatoms. The number of ether oxygens (including phenoxy) is 1. The van der Waals surface area contributed by atoms with Crippen LogP contribution < -0.4 is 10.1 Å². The summed E-state index contributed by atoms with van der Waals surface area (Å²) < 4.78 is 5.66. The fourth-order valence-corrected chi connectivity index (χ4v) is 2.85. The Morgan fingerprint density at radius 3 is 2.43 bits per heavy atom. The van der Waals surface area contributed by atoms with Crippen molar-refractivity contribution in [1.29, 1.82) is 0 Å². The van der Waals surface area contributed by atoms with Crippen LogP contribution in [0.1, 0.15) is 38.3 Å². The number of hydrogen-bond acceptors (Lipinski definition) is 3. The summed E-state index contributed by atoms with van der Waals surface area (Å²) in [7, 11) is 0. The van der Waals surface area contributed by atoms with Gasteiger partial charge >= 0.3 is 0 Å². The van der Waals surface area contributed by atoms with Crippen molar-refractivity contribution in [1.82, 2.24) is 5.32 Å². The third-order valence-corrected chi connectivity index (χ3v) is 4.13. The van der Waals surface area contributed by atoms with Crippen LogP contribution in [0.15, 0.2) is 41.1 Å². The summed E-state index contributed by atoms with van der Waals surface area (Å²) in [6.07, 6.45) is 2.48. The molecule has 1 aromatic heterocycles. The van der Waals surface area contributed by atoms with E-state index in [9.17, 15) is 0 Å². The van der Waals surface area contributed by atoms with Gasteiger partial charge in [-0.2, -0.15) is 11.3 Å². The van der Waals surface area contributed by atoms with Gasteiger partial charge in [0.2, 0.25) is 0 Å². The van der Waals surface area contributed by atoms with Crippen molar-refractivity contribution in [2.24, 2.45) is 0 Å². The minimum Gasteiger partial charge on any atom is -0.491 e. The zero-order chi connectivity index (χ0) is 15.1. The molecule has 0 saturated carbocycles. The van der Waals surface area contributed by atoms with Crippen LogP contribution >= 0.6 is 11.3 Å². The van der Waals surface area contributed by atoms with Gasteiger partial charge in [0.15, 0.2) is 0 Å². The summed E-state index contributed by atoms with van der Waals surface area (Å²) in [5, 5.41) is 7.90. The number of aryl methyl sites for hydroxylation is 1.